The van der Waals surface area contributed by atoms with Crippen molar-refractivity contribution in [2.45, 2.75) is 5.38 Å². The zero-order valence-corrected chi connectivity index (χ0v) is 11.4. The lowest BCUT2D eigenvalue weighted by molar-refractivity contribution is 0.507. The molecule has 1 aromatic carbocycles. The molecule has 3 aromatic rings. The number of rotatable bonds is 2. The fourth-order valence-corrected chi connectivity index (χ4v) is 4.20. The summed E-state index contributed by atoms with van der Waals surface area (Å²) in [7, 11) is 0. The Hall–Kier alpha value is -0.970. The van der Waals surface area contributed by atoms with Gasteiger partial charge in [-0.25, -0.2) is 8.78 Å². The van der Waals surface area contributed by atoms with Crippen molar-refractivity contribution in [1.82, 2.24) is 0 Å². The number of thiophene rings is 2. The highest BCUT2D eigenvalue weighted by atomic mass is 35.5. The first-order valence-corrected chi connectivity index (χ1v) is 7.34. The van der Waals surface area contributed by atoms with Gasteiger partial charge in [-0.15, -0.1) is 34.3 Å². The van der Waals surface area contributed by atoms with E-state index in [1.54, 1.807) is 22.7 Å². The minimum atomic E-state index is -0.864. The van der Waals surface area contributed by atoms with Crippen LogP contribution in [0.4, 0.5) is 8.78 Å². The molecular weight excluding hydrogens is 294 g/mol. The second kappa shape index (κ2) is 4.61. The number of fused-ring (bicyclic) bond motifs is 1. The van der Waals surface area contributed by atoms with Gasteiger partial charge < -0.3 is 0 Å². The van der Waals surface area contributed by atoms with E-state index < -0.39 is 17.0 Å². The Morgan fingerprint density at radius 2 is 1.83 bits per heavy atom. The lowest BCUT2D eigenvalue weighted by Crippen LogP contribution is -1.93. The molecule has 5 heteroatoms. The molecule has 0 fully saturated rings. The molecule has 0 bridgehead atoms. The van der Waals surface area contributed by atoms with Crippen LogP contribution in [0.5, 0.6) is 0 Å². The highest BCUT2D eigenvalue weighted by Gasteiger charge is 2.16. The van der Waals surface area contributed by atoms with E-state index in [0.717, 1.165) is 17.0 Å². The maximum Gasteiger partial charge on any atom is 0.159 e. The zero-order chi connectivity index (χ0) is 12.7. The molecule has 0 N–H and O–H groups in total. The SMILES string of the molecule is Fc1ccc(C(Cl)c2cc3sccc3s2)cc1F. The number of benzene rings is 1. The Morgan fingerprint density at radius 1 is 1.00 bits per heavy atom. The molecule has 0 amide bonds. The van der Waals surface area contributed by atoms with Gasteiger partial charge in [0.1, 0.15) is 0 Å². The average Bonchev–Trinajstić information content (AvgIpc) is 2.92. The van der Waals surface area contributed by atoms with Gasteiger partial charge in [-0.2, -0.15) is 0 Å². The summed E-state index contributed by atoms with van der Waals surface area (Å²) in [5, 5.41) is 1.58. The third-order valence-electron chi connectivity index (χ3n) is 2.64. The standard InChI is InChI=1S/C13H7ClF2S2/c14-13(7-1-2-8(15)9(16)5-7)12-6-11-10(18-12)3-4-17-11/h1-6,13H. The molecule has 2 aromatic heterocycles. The number of alkyl halides is 1. The Labute approximate surface area is 115 Å². The predicted octanol–water partition coefficient (Wildman–Crippen LogP) is 5.57. The smallest absolute Gasteiger partial charge is 0.159 e. The maximum atomic E-state index is 13.2. The third kappa shape index (κ3) is 2.05. The van der Waals surface area contributed by atoms with Crippen LogP contribution in [0.15, 0.2) is 35.7 Å². The quantitative estimate of drug-likeness (QED) is 0.543. The van der Waals surface area contributed by atoms with Gasteiger partial charge in [0.2, 0.25) is 0 Å². The van der Waals surface area contributed by atoms with E-state index in [1.165, 1.54) is 15.5 Å². The summed E-state index contributed by atoms with van der Waals surface area (Å²) in [4.78, 5) is 0.949. The van der Waals surface area contributed by atoms with Crippen LogP contribution in [0.3, 0.4) is 0 Å². The zero-order valence-electron chi connectivity index (χ0n) is 8.99. The van der Waals surface area contributed by atoms with Crippen LogP contribution < -0.4 is 0 Å². The van der Waals surface area contributed by atoms with Gasteiger partial charge in [0.25, 0.3) is 0 Å². The minimum Gasteiger partial charge on any atom is -0.204 e. The average molecular weight is 301 g/mol. The molecule has 92 valence electrons. The number of hydrogen-bond acceptors (Lipinski definition) is 2. The van der Waals surface area contributed by atoms with Crippen molar-refractivity contribution in [2.75, 3.05) is 0 Å². The van der Waals surface area contributed by atoms with Gasteiger partial charge in [-0.05, 0) is 35.2 Å². The summed E-state index contributed by atoms with van der Waals surface area (Å²) in [5.41, 5.74) is 0.574. The van der Waals surface area contributed by atoms with Gasteiger partial charge >= 0.3 is 0 Å². The summed E-state index contributed by atoms with van der Waals surface area (Å²) in [5.74, 6) is -1.72. The van der Waals surface area contributed by atoms with E-state index >= 15 is 0 Å². The van der Waals surface area contributed by atoms with Crippen molar-refractivity contribution in [3.8, 4) is 0 Å². The second-order valence-corrected chi connectivity index (χ2v) is 6.33. The van der Waals surface area contributed by atoms with Gasteiger partial charge in [-0.3, -0.25) is 0 Å². The molecule has 0 aliphatic heterocycles. The Kier molecular flexibility index (Phi) is 3.09. The number of halogens is 3. The van der Waals surface area contributed by atoms with Crippen molar-refractivity contribution in [1.29, 1.82) is 0 Å². The molecule has 0 spiro atoms. The summed E-state index contributed by atoms with van der Waals surface area (Å²) in [6.45, 7) is 0. The molecule has 0 nitrogen and oxygen atoms in total. The van der Waals surface area contributed by atoms with Gasteiger partial charge in [0.05, 0.1) is 5.38 Å². The highest BCUT2D eigenvalue weighted by molar-refractivity contribution is 7.27. The van der Waals surface area contributed by atoms with Crippen LogP contribution >= 0.6 is 34.3 Å². The Morgan fingerprint density at radius 3 is 2.56 bits per heavy atom. The molecule has 3 rings (SSSR count). The second-order valence-electron chi connectivity index (χ2n) is 3.83. The summed E-state index contributed by atoms with van der Waals surface area (Å²) in [6.07, 6.45) is 0. The normalized spacial score (nSPS) is 13.1. The minimum absolute atomic E-state index is 0.440. The van der Waals surface area contributed by atoms with Gasteiger partial charge in [-0.1, -0.05) is 6.07 Å². The summed E-state index contributed by atoms with van der Waals surface area (Å²) in [6, 6.07) is 7.81. The Bertz CT molecular complexity index is 673. The highest BCUT2D eigenvalue weighted by Crippen LogP contribution is 2.39. The largest absolute Gasteiger partial charge is 0.204 e. The molecule has 0 aliphatic rings. The van der Waals surface area contributed by atoms with Crippen molar-refractivity contribution in [3.63, 3.8) is 0 Å². The van der Waals surface area contributed by atoms with E-state index in [-0.39, 0.29) is 0 Å². The van der Waals surface area contributed by atoms with Crippen LogP contribution in [-0.2, 0) is 0 Å². The molecule has 1 atom stereocenters. The first kappa shape index (κ1) is 12.1. The van der Waals surface area contributed by atoms with Crippen molar-refractivity contribution in [3.05, 3.63) is 57.8 Å². The fourth-order valence-electron chi connectivity index (χ4n) is 1.74. The lowest BCUT2D eigenvalue weighted by Gasteiger charge is -2.07. The van der Waals surface area contributed by atoms with Crippen molar-refractivity contribution in [2.24, 2.45) is 0 Å². The summed E-state index contributed by atoms with van der Waals surface area (Å²) >= 11 is 9.53. The van der Waals surface area contributed by atoms with Gasteiger partial charge in [0, 0.05) is 14.3 Å². The van der Waals surface area contributed by atoms with E-state index in [1.807, 2.05) is 17.5 Å². The van der Waals surface area contributed by atoms with Crippen LogP contribution in [0.1, 0.15) is 15.8 Å². The van der Waals surface area contributed by atoms with E-state index in [4.69, 9.17) is 11.6 Å². The molecule has 2 heterocycles. The first-order chi connectivity index (χ1) is 8.65. The van der Waals surface area contributed by atoms with E-state index in [0.29, 0.717) is 5.56 Å². The summed E-state index contributed by atoms with van der Waals surface area (Å²) < 4.78 is 28.4. The monoisotopic (exact) mass is 300 g/mol. The van der Waals surface area contributed by atoms with Gasteiger partial charge in [0.15, 0.2) is 11.6 Å². The van der Waals surface area contributed by atoms with Crippen LogP contribution in [0.2, 0.25) is 0 Å². The van der Waals surface area contributed by atoms with Crippen molar-refractivity contribution < 1.29 is 8.78 Å². The lowest BCUT2D eigenvalue weighted by atomic mass is 10.1. The number of hydrogen-bond donors (Lipinski definition) is 0. The molecule has 0 saturated carbocycles. The van der Waals surface area contributed by atoms with Crippen molar-refractivity contribution >= 4 is 43.7 Å². The third-order valence-corrected chi connectivity index (χ3v) is 5.42. The first-order valence-electron chi connectivity index (χ1n) is 5.21. The molecule has 0 saturated heterocycles. The van der Waals surface area contributed by atoms with Crippen LogP contribution in [0.25, 0.3) is 9.40 Å². The molecule has 0 radical (unpaired) electrons. The maximum absolute atomic E-state index is 13.2. The Balaban J connectivity index is 2.00. The predicted molar refractivity (Wildman–Crippen MR) is 73.8 cm³/mol. The van der Waals surface area contributed by atoms with Crippen LogP contribution in [-0.4, -0.2) is 0 Å². The molecular formula is C13H7ClF2S2. The fraction of sp³-hybridized carbons (Fsp3) is 0.0769. The molecule has 1 unspecified atom stereocenters. The molecule has 0 aliphatic carbocycles. The van der Waals surface area contributed by atoms with Crippen LogP contribution in [0, 0.1) is 11.6 Å². The van der Waals surface area contributed by atoms with E-state index in [2.05, 4.69) is 0 Å². The topological polar surface area (TPSA) is 0 Å². The van der Waals surface area contributed by atoms with E-state index in [9.17, 15) is 8.78 Å². The molecule has 18 heavy (non-hydrogen) atoms.